The van der Waals surface area contributed by atoms with Gasteiger partial charge >= 0.3 is 11.9 Å². The number of ether oxygens (including phenoxy) is 2. The highest BCUT2D eigenvalue weighted by molar-refractivity contribution is 9.09. The monoisotopic (exact) mass is 1050 g/mol. The molecule has 2 aliphatic heterocycles. The molecule has 2 saturated heterocycles. The maximum atomic E-state index is 10.8. The predicted molar refractivity (Wildman–Crippen MR) is 305 cm³/mol. The summed E-state index contributed by atoms with van der Waals surface area (Å²) in [4.78, 5) is 35.9. The molecule has 4 aliphatic rings. The van der Waals surface area contributed by atoms with E-state index >= 15 is 0 Å². The van der Waals surface area contributed by atoms with Crippen LogP contribution in [0.25, 0.3) is 22.5 Å². The Morgan fingerprint density at radius 3 is 1.42 bits per heavy atom. The lowest BCUT2D eigenvalue weighted by molar-refractivity contribution is -0.142. The number of hydrogen-bond donors (Lipinski definition) is 2. The van der Waals surface area contributed by atoms with Crippen LogP contribution in [0.1, 0.15) is 176 Å². The fourth-order valence-electron chi connectivity index (χ4n) is 10.6. The van der Waals surface area contributed by atoms with Gasteiger partial charge in [-0.25, -0.2) is 9.97 Å². The van der Waals surface area contributed by atoms with Gasteiger partial charge < -0.3 is 30.3 Å². The van der Waals surface area contributed by atoms with E-state index in [9.17, 15) is 9.59 Å². The SMILES string of the molecule is C.CC(=O)OCCCCBr.CC(=O)OCCCCNC1CCN(c2cccc(-c3ccc4c(c3)C(C)(C)CCC4(C)C)n2)CC1.CC1(C)CCC(C)(C)c2cc(-c3cccc(N4CCC(N)CC4)n3)ccc21. The van der Waals surface area contributed by atoms with Crippen molar-refractivity contribution in [2.75, 3.05) is 61.1 Å². The molecule has 396 valence electrons. The molecule has 11 heteroatoms. The number of carbonyl (C=O) groups is 2. The van der Waals surface area contributed by atoms with Crippen LogP contribution in [-0.2, 0) is 40.7 Å². The summed E-state index contributed by atoms with van der Waals surface area (Å²) < 4.78 is 9.69. The molecule has 2 aromatic heterocycles. The van der Waals surface area contributed by atoms with E-state index in [0.29, 0.717) is 25.3 Å². The molecular formula is C61H91BrN6O4. The number of anilines is 2. The maximum Gasteiger partial charge on any atom is 0.302 e. The first-order chi connectivity index (χ1) is 33.7. The van der Waals surface area contributed by atoms with Crippen LogP contribution in [0.3, 0.4) is 0 Å². The third-order valence-corrected chi connectivity index (χ3v) is 16.2. The molecular weight excluding hydrogens is 961 g/mol. The predicted octanol–water partition coefficient (Wildman–Crippen LogP) is 13.4. The summed E-state index contributed by atoms with van der Waals surface area (Å²) in [7, 11) is 0. The lowest BCUT2D eigenvalue weighted by atomic mass is 9.63. The Labute approximate surface area is 443 Å². The lowest BCUT2D eigenvalue weighted by Gasteiger charge is -2.42. The second-order valence-electron chi connectivity index (χ2n) is 23.1. The molecule has 0 saturated carbocycles. The number of carbonyl (C=O) groups excluding carboxylic acids is 2. The van der Waals surface area contributed by atoms with Crippen LogP contribution < -0.4 is 20.9 Å². The van der Waals surface area contributed by atoms with Gasteiger partial charge in [-0.2, -0.15) is 0 Å². The number of unbranched alkanes of at least 4 members (excludes halogenated alkanes) is 2. The van der Waals surface area contributed by atoms with E-state index in [0.717, 1.165) is 112 Å². The van der Waals surface area contributed by atoms with Crippen LogP contribution in [0, 0.1) is 0 Å². The minimum atomic E-state index is -0.192. The fraction of sp³-hybridized carbons (Fsp3) is 0.607. The van der Waals surface area contributed by atoms with Crippen molar-refractivity contribution < 1.29 is 19.1 Å². The molecule has 2 aromatic carbocycles. The number of rotatable bonds is 14. The van der Waals surface area contributed by atoms with Crippen LogP contribution in [0.15, 0.2) is 72.8 Å². The number of pyridine rings is 2. The Bertz CT molecular complexity index is 2360. The van der Waals surface area contributed by atoms with Crippen LogP contribution >= 0.6 is 15.9 Å². The lowest BCUT2D eigenvalue weighted by Crippen LogP contribution is -2.43. The van der Waals surface area contributed by atoms with Crippen LogP contribution in [0.2, 0.25) is 0 Å². The van der Waals surface area contributed by atoms with Crippen molar-refractivity contribution in [2.45, 2.75) is 187 Å². The smallest absolute Gasteiger partial charge is 0.302 e. The molecule has 0 spiro atoms. The van der Waals surface area contributed by atoms with Gasteiger partial charge in [-0.1, -0.05) is 115 Å². The highest BCUT2D eigenvalue weighted by Gasteiger charge is 2.38. The largest absolute Gasteiger partial charge is 0.466 e. The summed E-state index contributed by atoms with van der Waals surface area (Å²) >= 11 is 3.28. The minimum absolute atomic E-state index is 0. The quantitative estimate of drug-likeness (QED) is 0.0717. The molecule has 4 heterocycles. The van der Waals surface area contributed by atoms with Gasteiger partial charge in [-0.05, 0) is 164 Å². The topological polar surface area (TPSA) is 123 Å². The van der Waals surface area contributed by atoms with Crippen molar-refractivity contribution in [1.82, 2.24) is 15.3 Å². The molecule has 72 heavy (non-hydrogen) atoms. The summed E-state index contributed by atoms with van der Waals surface area (Å²) in [5.74, 6) is 1.78. The number of halogens is 1. The third kappa shape index (κ3) is 16.1. The summed E-state index contributed by atoms with van der Waals surface area (Å²) in [5, 5.41) is 4.66. The molecule has 0 atom stereocenters. The number of alkyl halides is 1. The van der Waals surface area contributed by atoms with Crippen LogP contribution in [0.4, 0.5) is 11.6 Å². The first-order valence-electron chi connectivity index (χ1n) is 26.8. The van der Waals surface area contributed by atoms with Crippen molar-refractivity contribution >= 4 is 39.5 Å². The second kappa shape index (κ2) is 26.3. The summed E-state index contributed by atoms with van der Waals surface area (Å²) in [6.07, 6.45) is 13.2. The Kier molecular flexibility index (Phi) is 21.4. The average molecular weight is 1050 g/mol. The maximum absolute atomic E-state index is 10.8. The van der Waals surface area contributed by atoms with Gasteiger partial charge in [-0.3, -0.25) is 9.59 Å². The van der Waals surface area contributed by atoms with E-state index in [1.165, 1.54) is 72.9 Å². The molecule has 8 rings (SSSR count). The average Bonchev–Trinajstić information content (AvgIpc) is 3.35. The Balaban J connectivity index is 0.000000231. The number of hydrogen-bond acceptors (Lipinski definition) is 10. The van der Waals surface area contributed by atoms with E-state index in [4.69, 9.17) is 20.4 Å². The minimum Gasteiger partial charge on any atom is -0.466 e. The van der Waals surface area contributed by atoms with E-state index in [1.54, 1.807) is 0 Å². The Morgan fingerprint density at radius 2 is 1.00 bits per heavy atom. The zero-order chi connectivity index (χ0) is 51.4. The molecule has 2 fully saturated rings. The van der Waals surface area contributed by atoms with Crippen molar-refractivity contribution in [1.29, 1.82) is 0 Å². The molecule has 3 N–H and O–H groups in total. The number of nitrogens with two attached hydrogens (primary N) is 1. The zero-order valence-corrected chi connectivity index (χ0v) is 46.7. The van der Waals surface area contributed by atoms with Crippen LogP contribution in [0.5, 0.6) is 0 Å². The van der Waals surface area contributed by atoms with Crippen LogP contribution in [-0.4, -0.2) is 85.3 Å². The molecule has 4 aromatic rings. The Hall–Kier alpha value is -4.32. The van der Waals surface area contributed by atoms with Crippen molar-refractivity contribution in [3.8, 4) is 22.5 Å². The number of nitrogens with one attached hydrogen (secondary N) is 1. The number of fused-ring (bicyclic) bond motifs is 2. The third-order valence-electron chi connectivity index (χ3n) is 15.6. The number of esters is 2. The van der Waals surface area contributed by atoms with Gasteiger partial charge in [0.1, 0.15) is 11.6 Å². The normalized spacial score (nSPS) is 18.7. The van der Waals surface area contributed by atoms with Crippen molar-refractivity contribution in [2.24, 2.45) is 5.73 Å². The van der Waals surface area contributed by atoms with Gasteiger partial charge in [0.15, 0.2) is 0 Å². The number of benzene rings is 2. The zero-order valence-electron chi connectivity index (χ0n) is 45.1. The second-order valence-corrected chi connectivity index (χ2v) is 23.9. The van der Waals surface area contributed by atoms with Gasteiger partial charge in [0, 0.05) is 68.6 Å². The van der Waals surface area contributed by atoms with Crippen molar-refractivity contribution in [3.63, 3.8) is 0 Å². The fourth-order valence-corrected chi connectivity index (χ4v) is 11.0. The van der Waals surface area contributed by atoms with E-state index < -0.39 is 0 Å². The molecule has 0 bridgehead atoms. The molecule has 2 aliphatic carbocycles. The van der Waals surface area contributed by atoms with Gasteiger partial charge in [0.05, 0.1) is 24.6 Å². The molecule has 0 unspecified atom stereocenters. The molecule has 0 radical (unpaired) electrons. The number of nitrogens with zero attached hydrogens (tertiary/aromatic N) is 4. The first-order valence-corrected chi connectivity index (χ1v) is 27.9. The van der Waals surface area contributed by atoms with E-state index in [2.05, 4.69) is 164 Å². The number of aromatic nitrogens is 2. The highest BCUT2D eigenvalue weighted by Crippen LogP contribution is 2.48. The summed E-state index contributed by atoms with van der Waals surface area (Å²) in [6, 6.07) is 27.8. The Morgan fingerprint density at radius 1 is 0.597 bits per heavy atom. The van der Waals surface area contributed by atoms with Gasteiger partial charge in [-0.15, -0.1) is 0 Å². The van der Waals surface area contributed by atoms with E-state index in [1.807, 2.05) is 0 Å². The summed E-state index contributed by atoms with van der Waals surface area (Å²) in [5.41, 5.74) is 17.5. The first kappa shape index (κ1) is 58.6. The highest BCUT2D eigenvalue weighted by atomic mass is 79.9. The standard InChI is InChI=1S/C30H43N3O2.C24H33N3.C6H11BrO2.CH4/c1-22(34)35-20-7-6-17-31-24-13-18-33(19-14-24)28-10-8-9-27(32-28)23-11-12-25-26(21-23)30(4,5)16-15-29(25,2)3;1-23(2)12-13-24(3,4)20-16-17(8-9-19(20)23)21-6-5-7-22(26-21)27-14-10-18(25)11-15-27;1-6(8)9-5-3-2-4-7;/h8-12,21,24,31H,6-7,13-20H2,1-5H3;5-9,16,18H,10-15,25H2,1-4H3;2-5H2,1H3;1H4. The number of piperidine rings is 2. The van der Waals surface area contributed by atoms with Gasteiger partial charge in [0.2, 0.25) is 0 Å². The summed E-state index contributed by atoms with van der Waals surface area (Å²) in [6.45, 7) is 28.0. The van der Waals surface area contributed by atoms with Gasteiger partial charge in [0.25, 0.3) is 0 Å². The van der Waals surface area contributed by atoms with Crippen molar-refractivity contribution in [3.05, 3.63) is 95.1 Å². The van der Waals surface area contributed by atoms with E-state index in [-0.39, 0.29) is 41.0 Å². The molecule has 10 nitrogen and oxygen atoms in total. The molecule has 0 amide bonds.